The standard InChI is InChI=1S/C14H20/c1-11-8-9-14(2,3)10-12-6-4-5-7-13(11)12/h8-10H,4-7H2,1-3H3. The molecular weight excluding hydrogens is 168 g/mol. The molecular formula is C14H20. The van der Waals surface area contributed by atoms with Gasteiger partial charge in [-0.2, -0.15) is 0 Å². The van der Waals surface area contributed by atoms with Crippen LogP contribution in [-0.2, 0) is 0 Å². The minimum absolute atomic E-state index is 0.246. The zero-order valence-corrected chi connectivity index (χ0v) is 9.56. The van der Waals surface area contributed by atoms with E-state index in [2.05, 4.69) is 39.0 Å². The summed E-state index contributed by atoms with van der Waals surface area (Å²) in [5, 5.41) is 0. The van der Waals surface area contributed by atoms with Crippen LogP contribution < -0.4 is 0 Å². The molecule has 1 fully saturated rings. The van der Waals surface area contributed by atoms with Crippen LogP contribution in [0.5, 0.6) is 0 Å². The van der Waals surface area contributed by atoms with Crippen molar-refractivity contribution < 1.29 is 0 Å². The summed E-state index contributed by atoms with van der Waals surface area (Å²) in [6.45, 7) is 6.84. The van der Waals surface area contributed by atoms with Gasteiger partial charge in [0, 0.05) is 5.41 Å². The second-order valence-corrected chi connectivity index (χ2v) is 5.19. The maximum absolute atomic E-state index is 2.47. The summed E-state index contributed by atoms with van der Waals surface area (Å²) in [6, 6.07) is 0. The van der Waals surface area contributed by atoms with E-state index in [-0.39, 0.29) is 5.41 Å². The highest BCUT2D eigenvalue weighted by molar-refractivity contribution is 5.44. The molecule has 0 heteroatoms. The van der Waals surface area contributed by atoms with E-state index in [1.54, 1.807) is 11.1 Å². The van der Waals surface area contributed by atoms with Crippen LogP contribution in [0, 0.1) is 5.41 Å². The molecule has 14 heavy (non-hydrogen) atoms. The highest BCUT2D eigenvalue weighted by Crippen LogP contribution is 2.37. The molecule has 2 rings (SSSR count). The smallest absolute Gasteiger partial charge is 0.00135 e. The molecule has 0 nitrogen and oxygen atoms in total. The number of allylic oxidation sites excluding steroid dienone is 6. The third kappa shape index (κ3) is 1.84. The van der Waals surface area contributed by atoms with Crippen LogP contribution in [0.2, 0.25) is 0 Å². The lowest BCUT2D eigenvalue weighted by molar-refractivity contribution is 0.605. The molecule has 0 aromatic heterocycles. The van der Waals surface area contributed by atoms with Gasteiger partial charge >= 0.3 is 0 Å². The van der Waals surface area contributed by atoms with E-state index in [1.807, 2.05) is 0 Å². The van der Waals surface area contributed by atoms with Crippen molar-refractivity contribution in [3.05, 3.63) is 34.9 Å². The highest BCUT2D eigenvalue weighted by Gasteiger charge is 2.20. The van der Waals surface area contributed by atoms with Gasteiger partial charge in [0.2, 0.25) is 0 Å². The quantitative estimate of drug-likeness (QED) is 0.528. The summed E-state index contributed by atoms with van der Waals surface area (Å²) in [6.07, 6.45) is 12.4. The van der Waals surface area contributed by atoms with Gasteiger partial charge in [0.1, 0.15) is 0 Å². The fraction of sp³-hybridized carbons (Fsp3) is 0.571. The molecule has 0 radical (unpaired) electrons. The molecule has 2 aliphatic carbocycles. The molecule has 0 saturated heterocycles. The molecule has 1 saturated carbocycles. The second-order valence-electron chi connectivity index (χ2n) is 5.19. The zero-order valence-electron chi connectivity index (χ0n) is 9.56. The predicted molar refractivity (Wildman–Crippen MR) is 62.2 cm³/mol. The summed E-state index contributed by atoms with van der Waals surface area (Å²) < 4.78 is 0. The summed E-state index contributed by atoms with van der Waals surface area (Å²) >= 11 is 0. The van der Waals surface area contributed by atoms with Crippen molar-refractivity contribution in [2.24, 2.45) is 5.41 Å². The lowest BCUT2D eigenvalue weighted by atomic mass is 9.84. The van der Waals surface area contributed by atoms with Crippen LogP contribution in [0.3, 0.4) is 0 Å². The van der Waals surface area contributed by atoms with Gasteiger partial charge in [0.05, 0.1) is 0 Å². The van der Waals surface area contributed by atoms with Gasteiger partial charge in [-0.15, -0.1) is 0 Å². The van der Waals surface area contributed by atoms with Gasteiger partial charge < -0.3 is 0 Å². The van der Waals surface area contributed by atoms with Crippen molar-refractivity contribution in [1.29, 1.82) is 0 Å². The van der Waals surface area contributed by atoms with Gasteiger partial charge in [-0.25, -0.2) is 0 Å². The molecule has 0 aromatic rings. The number of rotatable bonds is 0. The van der Waals surface area contributed by atoms with Gasteiger partial charge in [-0.3, -0.25) is 0 Å². The molecule has 0 atom stereocenters. The lowest BCUT2D eigenvalue weighted by Crippen LogP contribution is -2.06. The van der Waals surface area contributed by atoms with Gasteiger partial charge in [0.25, 0.3) is 0 Å². The number of hydrogen-bond acceptors (Lipinski definition) is 0. The van der Waals surface area contributed by atoms with E-state index >= 15 is 0 Å². The molecule has 76 valence electrons. The summed E-state index contributed by atoms with van der Waals surface area (Å²) in [4.78, 5) is 0. The third-order valence-electron chi connectivity index (χ3n) is 3.30. The molecule has 0 aliphatic heterocycles. The molecule has 0 bridgehead atoms. The van der Waals surface area contributed by atoms with Crippen LogP contribution >= 0.6 is 0 Å². The maximum Gasteiger partial charge on any atom is 0.00135 e. The fourth-order valence-electron chi connectivity index (χ4n) is 2.48. The fourth-order valence-corrected chi connectivity index (χ4v) is 2.48. The van der Waals surface area contributed by atoms with E-state index < -0.39 is 0 Å². The largest absolute Gasteiger partial charge is 0.0748 e. The Morgan fingerprint density at radius 1 is 1.14 bits per heavy atom. The SMILES string of the molecule is CC1=C2CCCCC2=CC(C)(C)C=C1. The Labute approximate surface area is 87.4 Å². The lowest BCUT2D eigenvalue weighted by Gasteiger charge is -2.22. The average molecular weight is 188 g/mol. The molecule has 0 spiro atoms. The van der Waals surface area contributed by atoms with E-state index in [9.17, 15) is 0 Å². The Morgan fingerprint density at radius 2 is 1.86 bits per heavy atom. The molecule has 2 aliphatic rings. The van der Waals surface area contributed by atoms with Crippen molar-refractivity contribution in [1.82, 2.24) is 0 Å². The van der Waals surface area contributed by atoms with Crippen LogP contribution in [-0.4, -0.2) is 0 Å². The minimum atomic E-state index is 0.246. The van der Waals surface area contributed by atoms with Crippen molar-refractivity contribution in [2.45, 2.75) is 46.5 Å². The van der Waals surface area contributed by atoms with Gasteiger partial charge in [-0.05, 0) is 49.3 Å². The summed E-state index contributed by atoms with van der Waals surface area (Å²) in [7, 11) is 0. The predicted octanol–water partition coefficient (Wildman–Crippen LogP) is 4.40. The maximum atomic E-state index is 2.47. The van der Waals surface area contributed by atoms with Crippen molar-refractivity contribution in [3.8, 4) is 0 Å². The number of hydrogen-bond donors (Lipinski definition) is 0. The highest BCUT2D eigenvalue weighted by atomic mass is 14.3. The normalized spacial score (nSPS) is 25.5. The Bertz CT molecular complexity index is 324. The van der Waals surface area contributed by atoms with E-state index in [0.29, 0.717) is 0 Å². The summed E-state index contributed by atoms with van der Waals surface area (Å²) in [5.41, 5.74) is 4.97. The van der Waals surface area contributed by atoms with Crippen LogP contribution in [0.15, 0.2) is 34.9 Å². The Balaban J connectivity index is 2.44. The molecule has 0 heterocycles. The molecule has 0 aromatic carbocycles. The van der Waals surface area contributed by atoms with Gasteiger partial charge in [-0.1, -0.05) is 32.1 Å². The average Bonchev–Trinajstić information content (AvgIpc) is 2.25. The Kier molecular flexibility index (Phi) is 2.38. The monoisotopic (exact) mass is 188 g/mol. The minimum Gasteiger partial charge on any atom is -0.0748 e. The van der Waals surface area contributed by atoms with Crippen molar-refractivity contribution >= 4 is 0 Å². The third-order valence-corrected chi connectivity index (χ3v) is 3.30. The van der Waals surface area contributed by atoms with Crippen molar-refractivity contribution in [3.63, 3.8) is 0 Å². The van der Waals surface area contributed by atoms with Crippen LogP contribution in [0.1, 0.15) is 46.5 Å². The first-order chi connectivity index (χ1) is 6.58. The van der Waals surface area contributed by atoms with Crippen LogP contribution in [0.4, 0.5) is 0 Å². The Morgan fingerprint density at radius 3 is 2.64 bits per heavy atom. The topological polar surface area (TPSA) is 0 Å². The first-order valence-electron chi connectivity index (χ1n) is 5.70. The summed E-state index contributed by atoms with van der Waals surface area (Å²) in [5.74, 6) is 0. The molecule has 0 amide bonds. The first kappa shape index (κ1) is 9.76. The van der Waals surface area contributed by atoms with E-state index in [1.165, 1.54) is 31.3 Å². The molecule has 0 N–H and O–H groups in total. The molecule has 0 unspecified atom stereocenters. The van der Waals surface area contributed by atoms with Gasteiger partial charge in [0.15, 0.2) is 0 Å². The Hall–Kier alpha value is -0.780. The van der Waals surface area contributed by atoms with Crippen molar-refractivity contribution in [2.75, 3.05) is 0 Å². The zero-order chi connectivity index (χ0) is 10.2. The van der Waals surface area contributed by atoms with E-state index in [4.69, 9.17) is 0 Å². The number of fused-ring (bicyclic) bond motifs is 1. The van der Waals surface area contributed by atoms with Crippen LogP contribution in [0.25, 0.3) is 0 Å². The van der Waals surface area contributed by atoms with E-state index in [0.717, 1.165) is 0 Å². The second kappa shape index (κ2) is 3.42. The first-order valence-corrected chi connectivity index (χ1v) is 5.70.